The number of pyridine rings is 1. The number of sulfonamides is 1. The lowest BCUT2D eigenvalue weighted by Gasteiger charge is -2.34. The van der Waals surface area contributed by atoms with Gasteiger partial charge in [0, 0.05) is 69.9 Å². The van der Waals surface area contributed by atoms with Gasteiger partial charge in [0.15, 0.2) is 0 Å². The van der Waals surface area contributed by atoms with Crippen molar-refractivity contribution in [3.8, 4) is 0 Å². The first-order valence-corrected chi connectivity index (χ1v) is 10.9. The molecule has 2 fully saturated rings. The third kappa shape index (κ3) is 3.49. The summed E-state index contributed by atoms with van der Waals surface area (Å²) in [6, 6.07) is 3.43. The van der Waals surface area contributed by atoms with E-state index >= 15 is 0 Å². The summed E-state index contributed by atoms with van der Waals surface area (Å²) in [4.78, 5) is 34.7. The van der Waals surface area contributed by atoms with Crippen LogP contribution >= 0.6 is 0 Å². The maximum absolute atomic E-state index is 13.0. The zero-order valence-corrected chi connectivity index (χ0v) is 16.3. The van der Waals surface area contributed by atoms with Gasteiger partial charge in [-0.1, -0.05) is 0 Å². The van der Waals surface area contributed by atoms with E-state index in [9.17, 15) is 18.0 Å². The number of likely N-dealkylation sites (tertiary alicyclic amines) is 1. The van der Waals surface area contributed by atoms with Crippen molar-refractivity contribution in [2.24, 2.45) is 0 Å². The van der Waals surface area contributed by atoms with E-state index in [2.05, 4.69) is 9.97 Å². The van der Waals surface area contributed by atoms with Crippen LogP contribution in [0, 0.1) is 0 Å². The summed E-state index contributed by atoms with van der Waals surface area (Å²) in [6.07, 6.45) is 4.78. The van der Waals surface area contributed by atoms with Crippen molar-refractivity contribution in [2.45, 2.75) is 24.2 Å². The molecule has 0 aromatic carbocycles. The second kappa shape index (κ2) is 7.51. The van der Waals surface area contributed by atoms with Gasteiger partial charge in [0.2, 0.25) is 21.8 Å². The zero-order chi connectivity index (χ0) is 19.7. The molecule has 0 atom stereocenters. The average molecular weight is 405 g/mol. The Morgan fingerprint density at radius 1 is 1.18 bits per heavy atom. The van der Waals surface area contributed by atoms with Crippen molar-refractivity contribution in [3.05, 3.63) is 24.5 Å². The summed E-state index contributed by atoms with van der Waals surface area (Å²) in [7, 11) is -3.66. The fourth-order valence-corrected chi connectivity index (χ4v) is 5.36. The second-order valence-electron chi connectivity index (χ2n) is 7.07. The summed E-state index contributed by atoms with van der Waals surface area (Å²) in [6.45, 7) is 2.38. The van der Waals surface area contributed by atoms with Crippen LogP contribution in [-0.4, -0.2) is 83.6 Å². The van der Waals surface area contributed by atoms with E-state index in [1.807, 2.05) is 0 Å². The second-order valence-corrected chi connectivity index (χ2v) is 8.98. The van der Waals surface area contributed by atoms with Crippen LogP contribution in [0.25, 0.3) is 11.0 Å². The van der Waals surface area contributed by atoms with Gasteiger partial charge in [0.25, 0.3) is 0 Å². The molecule has 10 heteroatoms. The molecule has 2 amide bonds. The lowest BCUT2D eigenvalue weighted by Crippen LogP contribution is -2.50. The van der Waals surface area contributed by atoms with Gasteiger partial charge in [-0.15, -0.1) is 0 Å². The molecule has 2 aromatic heterocycles. The molecule has 4 rings (SSSR count). The monoisotopic (exact) mass is 405 g/mol. The predicted octanol–water partition coefficient (Wildman–Crippen LogP) is 0.408. The fraction of sp³-hybridized carbons (Fsp3) is 0.500. The zero-order valence-electron chi connectivity index (χ0n) is 15.5. The third-order valence-electron chi connectivity index (χ3n) is 5.39. The Labute approximate surface area is 163 Å². The molecule has 0 aliphatic carbocycles. The minimum atomic E-state index is -3.66. The first-order valence-electron chi connectivity index (χ1n) is 9.44. The molecule has 1 N–H and O–H groups in total. The molecule has 28 heavy (non-hydrogen) atoms. The standard InChI is InChI=1S/C18H23N5O4S/c24-16-4-2-7-21(16)8-5-17(25)22-9-11-23(12-10-22)28(26,27)15-13-20-18-14(15)3-1-6-19-18/h1,3,6,13H,2,4-5,7-12H2,(H,19,20). The van der Waals surface area contributed by atoms with E-state index in [-0.39, 0.29) is 36.2 Å². The van der Waals surface area contributed by atoms with Gasteiger partial charge in [-0.2, -0.15) is 4.31 Å². The van der Waals surface area contributed by atoms with E-state index in [0.29, 0.717) is 37.1 Å². The van der Waals surface area contributed by atoms with Crippen LogP contribution in [0.1, 0.15) is 19.3 Å². The minimum Gasteiger partial charge on any atom is -0.345 e. The Hall–Kier alpha value is -2.46. The number of rotatable bonds is 5. The fourth-order valence-electron chi connectivity index (χ4n) is 3.79. The number of carbonyl (C=O) groups excluding carboxylic acids is 2. The van der Waals surface area contributed by atoms with Gasteiger partial charge in [0.05, 0.1) is 0 Å². The Bertz CT molecular complexity index is 994. The van der Waals surface area contributed by atoms with Crippen LogP contribution in [0.5, 0.6) is 0 Å². The Morgan fingerprint density at radius 3 is 2.68 bits per heavy atom. The minimum absolute atomic E-state index is 0.0342. The quantitative estimate of drug-likeness (QED) is 0.775. The molecule has 4 heterocycles. The van der Waals surface area contributed by atoms with Gasteiger partial charge in [-0.3, -0.25) is 9.59 Å². The molecule has 9 nitrogen and oxygen atoms in total. The topological polar surface area (TPSA) is 107 Å². The van der Waals surface area contributed by atoms with E-state index < -0.39 is 10.0 Å². The van der Waals surface area contributed by atoms with E-state index in [4.69, 9.17) is 0 Å². The number of carbonyl (C=O) groups is 2. The van der Waals surface area contributed by atoms with Crippen LogP contribution in [0.4, 0.5) is 0 Å². The average Bonchev–Trinajstić information content (AvgIpc) is 3.32. The first-order chi connectivity index (χ1) is 13.5. The SMILES string of the molecule is O=C1CCCN1CCC(=O)N1CCN(S(=O)(=O)c2c[nH]c3ncccc23)CC1. The van der Waals surface area contributed by atoms with Crippen LogP contribution < -0.4 is 0 Å². The summed E-state index contributed by atoms with van der Waals surface area (Å²) in [5.41, 5.74) is 0.534. The number of aromatic amines is 1. The molecule has 150 valence electrons. The molecule has 0 unspecified atom stereocenters. The van der Waals surface area contributed by atoms with Crippen molar-refractivity contribution in [3.63, 3.8) is 0 Å². The number of fused-ring (bicyclic) bond motifs is 1. The highest BCUT2D eigenvalue weighted by Gasteiger charge is 2.32. The van der Waals surface area contributed by atoms with Crippen LogP contribution in [0.3, 0.4) is 0 Å². The number of nitrogens with zero attached hydrogens (tertiary/aromatic N) is 4. The van der Waals surface area contributed by atoms with Crippen molar-refractivity contribution in [1.29, 1.82) is 0 Å². The highest BCUT2D eigenvalue weighted by molar-refractivity contribution is 7.89. The van der Waals surface area contributed by atoms with Crippen molar-refractivity contribution < 1.29 is 18.0 Å². The molecule has 2 aliphatic heterocycles. The number of hydrogen-bond donors (Lipinski definition) is 1. The largest absolute Gasteiger partial charge is 0.345 e. The van der Waals surface area contributed by atoms with E-state index in [1.54, 1.807) is 28.1 Å². The van der Waals surface area contributed by atoms with Crippen molar-refractivity contribution in [2.75, 3.05) is 39.3 Å². The Kier molecular flexibility index (Phi) is 5.07. The van der Waals surface area contributed by atoms with Crippen molar-refractivity contribution in [1.82, 2.24) is 24.1 Å². The molecule has 0 bridgehead atoms. The van der Waals surface area contributed by atoms with Crippen LogP contribution in [0.2, 0.25) is 0 Å². The maximum Gasteiger partial charge on any atom is 0.245 e. The highest BCUT2D eigenvalue weighted by atomic mass is 32.2. The summed E-state index contributed by atoms with van der Waals surface area (Å²) >= 11 is 0. The lowest BCUT2D eigenvalue weighted by atomic mass is 10.3. The highest BCUT2D eigenvalue weighted by Crippen LogP contribution is 2.25. The van der Waals surface area contributed by atoms with Gasteiger partial charge in [-0.05, 0) is 18.6 Å². The summed E-state index contributed by atoms with van der Waals surface area (Å²) in [5.74, 6) is 0.0740. The molecule has 2 aromatic rings. The number of H-pyrrole nitrogens is 1. The normalized spacial score (nSPS) is 18.9. The van der Waals surface area contributed by atoms with Gasteiger partial charge in [-0.25, -0.2) is 13.4 Å². The summed E-state index contributed by atoms with van der Waals surface area (Å²) in [5, 5.41) is 0.566. The smallest absolute Gasteiger partial charge is 0.245 e. The predicted molar refractivity (Wildman–Crippen MR) is 102 cm³/mol. The first kappa shape index (κ1) is 18.9. The van der Waals surface area contributed by atoms with Crippen LogP contribution in [-0.2, 0) is 19.6 Å². The molecule has 0 saturated carbocycles. The van der Waals surface area contributed by atoms with Gasteiger partial charge < -0.3 is 14.8 Å². The number of aromatic nitrogens is 2. The molecule has 0 spiro atoms. The Morgan fingerprint density at radius 2 is 1.96 bits per heavy atom. The number of nitrogens with one attached hydrogen (secondary N) is 1. The summed E-state index contributed by atoms with van der Waals surface area (Å²) < 4.78 is 27.4. The number of hydrogen-bond acceptors (Lipinski definition) is 5. The molecular formula is C18H23N5O4S. The lowest BCUT2D eigenvalue weighted by molar-refractivity contribution is -0.133. The van der Waals surface area contributed by atoms with E-state index in [0.717, 1.165) is 13.0 Å². The molecule has 0 radical (unpaired) electrons. The van der Waals surface area contributed by atoms with Crippen molar-refractivity contribution >= 4 is 32.9 Å². The number of amides is 2. The third-order valence-corrected chi connectivity index (χ3v) is 7.33. The van der Waals surface area contributed by atoms with Crippen LogP contribution in [0.15, 0.2) is 29.4 Å². The maximum atomic E-state index is 13.0. The van der Waals surface area contributed by atoms with Gasteiger partial charge in [0.1, 0.15) is 10.5 Å². The molecule has 2 saturated heterocycles. The van der Waals surface area contributed by atoms with E-state index in [1.165, 1.54) is 10.5 Å². The van der Waals surface area contributed by atoms with Gasteiger partial charge >= 0.3 is 0 Å². The molecule has 2 aliphatic rings. The molecular weight excluding hydrogens is 382 g/mol. The number of piperazine rings is 1. The Balaban J connectivity index is 1.37.